The highest BCUT2D eigenvalue weighted by atomic mass is 15.2. The fraction of sp³-hybridized carbons (Fsp3) is 0.692. The highest BCUT2D eigenvalue weighted by molar-refractivity contribution is 5.29. The molecule has 1 fully saturated rings. The Morgan fingerprint density at radius 1 is 1.41 bits per heavy atom. The first-order chi connectivity index (χ1) is 7.94. The van der Waals surface area contributed by atoms with Gasteiger partial charge < -0.3 is 5.73 Å². The molecule has 0 saturated carbocycles. The second-order valence-corrected chi connectivity index (χ2v) is 5.83. The minimum atomic E-state index is 0.410. The lowest BCUT2D eigenvalue weighted by molar-refractivity contribution is 0.109. The van der Waals surface area contributed by atoms with Gasteiger partial charge in [-0.1, -0.05) is 13.8 Å². The van der Waals surface area contributed by atoms with Crippen molar-refractivity contribution in [2.45, 2.75) is 40.2 Å². The highest BCUT2D eigenvalue weighted by Crippen LogP contribution is 2.28. The summed E-state index contributed by atoms with van der Waals surface area (Å²) in [5, 5.41) is 0. The quantitative estimate of drug-likeness (QED) is 0.850. The zero-order valence-corrected chi connectivity index (χ0v) is 11.0. The third-order valence-electron chi connectivity index (χ3n) is 3.26. The van der Waals surface area contributed by atoms with Crippen LogP contribution in [-0.4, -0.2) is 28.0 Å². The fourth-order valence-corrected chi connectivity index (χ4v) is 2.61. The highest BCUT2D eigenvalue weighted by Gasteiger charge is 2.26. The number of aryl methyl sites for hydroxylation is 1. The van der Waals surface area contributed by atoms with Gasteiger partial charge in [0.25, 0.3) is 0 Å². The molecule has 4 nitrogen and oxygen atoms in total. The molecule has 2 rings (SSSR count). The molecule has 2 N–H and O–H groups in total. The number of aromatic nitrogens is 2. The zero-order chi connectivity index (χ0) is 12.5. The maximum absolute atomic E-state index is 5.75. The lowest BCUT2D eigenvalue weighted by atomic mass is 9.84. The second kappa shape index (κ2) is 4.61. The Labute approximate surface area is 103 Å². The van der Waals surface area contributed by atoms with Crippen molar-refractivity contribution in [3.8, 4) is 0 Å². The van der Waals surface area contributed by atoms with Crippen LogP contribution in [0.5, 0.6) is 0 Å². The average Bonchev–Trinajstić information content (AvgIpc) is 2.13. The smallest absolute Gasteiger partial charge is 0.144 e. The molecule has 0 aromatic carbocycles. The molecule has 1 aromatic rings. The van der Waals surface area contributed by atoms with Gasteiger partial charge in [0.2, 0.25) is 0 Å². The number of nitrogens with zero attached hydrogens (tertiary/aromatic N) is 3. The molecule has 1 saturated heterocycles. The third-order valence-corrected chi connectivity index (χ3v) is 3.26. The van der Waals surface area contributed by atoms with Crippen molar-refractivity contribution in [1.82, 2.24) is 14.9 Å². The summed E-state index contributed by atoms with van der Waals surface area (Å²) in [6.45, 7) is 9.68. The molecular weight excluding hydrogens is 212 g/mol. The fourth-order valence-electron chi connectivity index (χ4n) is 2.61. The molecule has 0 unspecified atom stereocenters. The van der Waals surface area contributed by atoms with E-state index in [0.717, 1.165) is 31.2 Å². The number of rotatable bonds is 2. The van der Waals surface area contributed by atoms with Gasteiger partial charge in [-0.2, -0.15) is 0 Å². The maximum Gasteiger partial charge on any atom is 0.144 e. The van der Waals surface area contributed by atoms with Crippen molar-refractivity contribution in [1.29, 1.82) is 0 Å². The minimum Gasteiger partial charge on any atom is -0.384 e. The Hall–Kier alpha value is -1.16. The third kappa shape index (κ3) is 3.40. The summed E-state index contributed by atoms with van der Waals surface area (Å²) in [7, 11) is 0. The number of likely N-dealkylation sites (tertiary alicyclic amines) is 1. The summed E-state index contributed by atoms with van der Waals surface area (Å²) in [5.41, 5.74) is 7.11. The van der Waals surface area contributed by atoms with Crippen LogP contribution in [0, 0.1) is 12.3 Å². The molecule has 1 aromatic heterocycles. The number of nitrogen functional groups attached to an aromatic ring is 1. The van der Waals surface area contributed by atoms with Crippen LogP contribution in [0.4, 0.5) is 5.82 Å². The van der Waals surface area contributed by atoms with E-state index in [9.17, 15) is 0 Å². The van der Waals surface area contributed by atoms with Gasteiger partial charge in [-0.25, -0.2) is 9.97 Å². The van der Waals surface area contributed by atoms with E-state index >= 15 is 0 Å². The summed E-state index contributed by atoms with van der Waals surface area (Å²) in [4.78, 5) is 11.2. The Balaban J connectivity index is 2.05. The maximum atomic E-state index is 5.75. The molecule has 0 radical (unpaired) electrons. The molecule has 0 bridgehead atoms. The van der Waals surface area contributed by atoms with Crippen molar-refractivity contribution >= 4 is 5.82 Å². The summed E-state index contributed by atoms with van der Waals surface area (Å²) in [6.07, 6.45) is 2.56. The monoisotopic (exact) mass is 234 g/mol. The summed E-state index contributed by atoms with van der Waals surface area (Å²) >= 11 is 0. The average molecular weight is 234 g/mol. The van der Waals surface area contributed by atoms with Gasteiger partial charge in [0.15, 0.2) is 0 Å². The SMILES string of the molecule is Cc1cc(N)nc(CN2CCCC(C)(C)C2)n1. The van der Waals surface area contributed by atoms with Gasteiger partial charge in [0.05, 0.1) is 6.54 Å². The Morgan fingerprint density at radius 2 is 2.18 bits per heavy atom. The first-order valence-corrected chi connectivity index (χ1v) is 6.27. The number of nitrogens with two attached hydrogens (primary N) is 1. The zero-order valence-electron chi connectivity index (χ0n) is 11.0. The van der Waals surface area contributed by atoms with E-state index in [1.807, 2.05) is 13.0 Å². The van der Waals surface area contributed by atoms with Gasteiger partial charge in [-0.15, -0.1) is 0 Å². The van der Waals surface area contributed by atoms with Crippen LogP contribution in [-0.2, 0) is 6.54 Å². The van der Waals surface area contributed by atoms with Gasteiger partial charge in [-0.05, 0) is 31.7 Å². The Bertz CT molecular complexity index is 380. The van der Waals surface area contributed by atoms with Crippen LogP contribution >= 0.6 is 0 Å². The molecule has 0 amide bonds. The molecule has 4 heteroatoms. The largest absolute Gasteiger partial charge is 0.384 e. The van der Waals surface area contributed by atoms with Crippen LogP contribution in [0.15, 0.2) is 6.07 Å². The van der Waals surface area contributed by atoms with Crippen LogP contribution in [0.2, 0.25) is 0 Å². The van der Waals surface area contributed by atoms with E-state index in [1.165, 1.54) is 12.8 Å². The molecule has 0 spiro atoms. The van der Waals surface area contributed by atoms with Crippen LogP contribution in [0.3, 0.4) is 0 Å². The predicted molar refractivity (Wildman–Crippen MR) is 69.5 cm³/mol. The van der Waals surface area contributed by atoms with Gasteiger partial charge in [0, 0.05) is 18.3 Å². The van der Waals surface area contributed by atoms with Crippen molar-refractivity contribution in [3.05, 3.63) is 17.6 Å². The number of anilines is 1. The van der Waals surface area contributed by atoms with Crippen LogP contribution in [0.1, 0.15) is 38.2 Å². The van der Waals surface area contributed by atoms with Crippen molar-refractivity contribution in [3.63, 3.8) is 0 Å². The Morgan fingerprint density at radius 3 is 2.82 bits per heavy atom. The molecule has 0 aliphatic carbocycles. The standard InChI is InChI=1S/C13H22N4/c1-10-7-11(14)16-12(15-10)8-17-6-4-5-13(2,3)9-17/h7H,4-6,8-9H2,1-3H3,(H2,14,15,16). The van der Waals surface area contributed by atoms with Crippen molar-refractivity contribution in [2.75, 3.05) is 18.8 Å². The molecule has 1 aliphatic rings. The number of piperidine rings is 1. The lowest BCUT2D eigenvalue weighted by Gasteiger charge is -2.37. The first-order valence-electron chi connectivity index (χ1n) is 6.27. The van der Waals surface area contributed by atoms with Gasteiger partial charge in [-0.3, -0.25) is 4.90 Å². The van der Waals surface area contributed by atoms with E-state index < -0.39 is 0 Å². The molecule has 0 atom stereocenters. The van der Waals surface area contributed by atoms with Crippen LogP contribution < -0.4 is 5.73 Å². The van der Waals surface area contributed by atoms with Crippen molar-refractivity contribution in [2.24, 2.45) is 5.41 Å². The predicted octanol–water partition coefficient (Wildman–Crippen LogP) is 1.99. The minimum absolute atomic E-state index is 0.410. The summed E-state index contributed by atoms with van der Waals surface area (Å²) < 4.78 is 0. The number of hydrogen-bond acceptors (Lipinski definition) is 4. The molecule has 94 valence electrons. The van der Waals surface area contributed by atoms with Gasteiger partial charge >= 0.3 is 0 Å². The molecular formula is C13H22N4. The topological polar surface area (TPSA) is 55.0 Å². The van der Waals surface area contributed by atoms with E-state index in [1.54, 1.807) is 0 Å². The molecule has 17 heavy (non-hydrogen) atoms. The lowest BCUT2D eigenvalue weighted by Crippen LogP contribution is -2.39. The van der Waals surface area contributed by atoms with E-state index in [-0.39, 0.29) is 0 Å². The second-order valence-electron chi connectivity index (χ2n) is 5.83. The summed E-state index contributed by atoms with van der Waals surface area (Å²) in [6, 6.07) is 1.81. The van der Waals surface area contributed by atoms with Crippen LogP contribution in [0.25, 0.3) is 0 Å². The Kier molecular flexibility index (Phi) is 3.33. The van der Waals surface area contributed by atoms with E-state index in [0.29, 0.717) is 11.2 Å². The van der Waals surface area contributed by atoms with E-state index in [4.69, 9.17) is 5.73 Å². The van der Waals surface area contributed by atoms with Crippen molar-refractivity contribution < 1.29 is 0 Å². The van der Waals surface area contributed by atoms with E-state index in [2.05, 4.69) is 28.7 Å². The first kappa shape index (κ1) is 12.3. The normalized spacial score (nSPS) is 20.4. The van der Waals surface area contributed by atoms with Gasteiger partial charge in [0.1, 0.15) is 11.6 Å². The number of hydrogen-bond donors (Lipinski definition) is 1. The summed E-state index contributed by atoms with van der Waals surface area (Å²) in [5.74, 6) is 1.42. The molecule has 1 aliphatic heterocycles. The molecule has 2 heterocycles.